The first-order chi connectivity index (χ1) is 5.56. The first-order valence-corrected chi connectivity index (χ1v) is 7.82. The maximum absolute atomic E-state index is 13.2. The number of rotatable bonds is 4. The fraction of sp³-hybridized carbons (Fsp3) is 1.00. The van der Waals surface area contributed by atoms with Crippen LogP contribution in [0.25, 0.3) is 0 Å². The van der Waals surface area contributed by atoms with Crippen molar-refractivity contribution in [3.8, 4) is 0 Å². The lowest BCUT2D eigenvalue weighted by molar-refractivity contribution is -0.168. The van der Waals surface area contributed by atoms with Crippen LogP contribution >= 0.6 is 0 Å². The van der Waals surface area contributed by atoms with Crippen molar-refractivity contribution >= 4 is 8.07 Å². The quantitative estimate of drug-likeness (QED) is 0.493. The Morgan fingerprint density at radius 3 is 1.62 bits per heavy atom. The maximum Gasteiger partial charge on any atom is 0.306 e. The molecule has 0 nitrogen and oxygen atoms in total. The molecule has 0 aromatic heterocycles. The van der Waals surface area contributed by atoms with Crippen LogP contribution in [-0.4, -0.2) is 19.5 Å². The summed E-state index contributed by atoms with van der Waals surface area (Å²) in [6.07, 6.45) is -0.655. The molecule has 0 aromatic carbocycles. The van der Waals surface area contributed by atoms with Gasteiger partial charge in [-0.2, -0.15) is 0 Å². The Bertz CT molecular complexity index is 171. The van der Waals surface area contributed by atoms with Crippen molar-refractivity contribution in [2.75, 3.05) is 0 Å². The zero-order valence-corrected chi connectivity index (χ0v) is 9.43. The van der Waals surface area contributed by atoms with E-state index < -0.39 is 26.0 Å². The summed E-state index contributed by atoms with van der Waals surface area (Å²) in [7, 11) is -3.14. The third-order valence-corrected chi connectivity index (χ3v) is 4.21. The summed E-state index contributed by atoms with van der Waals surface area (Å²) < 4.78 is 52.4. The molecular weight excluding hydrogens is 200 g/mol. The van der Waals surface area contributed by atoms with Crippen LogP contribution in [0.1, 0.15) is 19.8 Å². The third-order valence-electron chi connectivity index (χ3n) is 1.97. The molecule has 0 bridgehead atoms. The number of alkyl halides is 4. The van der Waals surface area contributed by atoms with Gasteiger partial charge >= 0.3 is 5.92 Å². The highest BCUT2D eigenvalue weighted by Gasteiger charge is 2.62. The van der Waals surface area contributed by atoms with Crippen LogP contribution in [0.4, 0.5) is 17.6 Å². The van der Waals surface area contributed by atoms with Crippen LogP contribution in [-0.2, 0) is 0 Å². The summed E-state index contributed by atoms with van der Waals surface area (Å²) >= 11 is 0. The summed E-state index contributed by atoms with van der Waals surface area (Å²) in [5.41, 5.74) is -3.81. The molecule has 0 radical (unpaired) electrons. The average Bonchev–Trinajstić information content (AvgIpc) is 1.84. The fourth-order valence-corrected chi connectivity index (χ4v) is 2.24. The van der Waals surface area contributed by atoms with E-state index in [1.165, 1.54) is 26.6 Å². The van der Waals surface area contributed by atoms with Gasteiger partial charge in [-0.3, -0.25) is 0 Å². The van der Waals surface area contributed by atoms with Crippen molar-refractivity contribution in [3.63, 3.8) is 0 Å². The molecule has 0 spiro atoms. The Morgan fingerprint density at radius 2 is 1.38 bits per heavy atom. The molecule has 0 aromatic rings. The highest BCUT2D eigenvalue weighted by Crippen LogP contribution is 2.43. The van der Waals surface area contributed by atoms with E-state index in [1.54, 1.807) is 0 Å². The van der Waals surface area contributed by atoms with Gasteiger partial charge in [-0.25, -0.2) is 17.6 Å². The molecule has 0 amide bonds. The summed E-state index contributed by atoms with van der Waals surface area (Å²) in [4.78, 5) is 0. The third kappa shape index (κ3) is 2.45. The monoisotopic (exact) mass is 216 g/mol. The van der Waals surface area contributed by atoms with Crippen molar-refractivity contribution in [2.24, 2.45) is 0 Å². The Balaban J connectivity index is 4.81. The molecule has 13 heavy (non-hydrogen) atoms. The molecule has 0 fully saturated rings. The standard InChI is InChI=1S/C8H16F4Si/c1-5-6-7(9,10)8(11,12)13(2,3)4/h5-6H2,1-4H3. The van der Waals surface area contributed by atoms with E-state index >= 15 is 0 Å². The van der Waals surface area contributed by atoms with Gasteiger partial charge in [-0.05, 0) is 0 Å². The number of hydrogen-bond acceptors (Lipinski definition) is 0. The summed E-state index contributed by atoms with van der Waals surface area (Å²) in [5.74, 6) is -3.84. The molecule has 0 N–H and O–H groups in total. The van der Waals surface area contributed by atoms with Crippen molar-refractivity contribution in [1.29, 1.82) is 0 Å². The Kier molecular flexibility index (Phi) is 3.57. The Hall–Kier alpha value is -0.0631. The van der Waals surface area contributed by atoms with Crippen molar-refractivity contribution in [3.05, 3.63) is 0 Å². The van der Waals surface area contributed by atoms with E-state index in [9.17, 15) is 17.6 Å². The highest BCUT2D eigenvalue weighted by atomic mass is 28.3. The molecule has 0 aliphatic carbocycles. The molecule has 0 aliphatic heterocycles. The van der Waals surface area contributed by atoms with Crippen LogP contribution in [0.2, 0.25) is 19.6 Å². The van der Waals surface area contributed by atoms with Gasteiger partial charge in [-0.1, -0.05) is 33.0 Å². The molecule has 0 unspecified atom stereocenters. The van der Waals surface area contributed by atoms with E-state index in [0.717, 1.165) is 0 Å². The van der Waals surface area contributed by atoms with Gasteiger partial charge in [0, 0.05) is 6.42 Å². The first-order valence-electron chi connectivity index (χ1n) is 4.32. The SMILES string of the molecule is CCCC(F)(F)C(F)(F)[Si](C)(C)C. The topological polar surface area (TPSA) is 0 Å². The molecule has 0 saturated carbocycles. The van der Waals surface area contributed by atoms with E-state index in [2.05, 4.69) is 0 Å². The number of hydrogen-bond donors (Lipinski definition) is 0. The van der Waals surface area contributed by atoms with Crippen molar-refractivity contribution in [1.82, 2.24) is 0 Å². The Morgan fingerprint density at radius 1 is 1.00 bits per heavy atom. The zero-order valence-electron chi connectivity index (χ0n) is 8.43. The molecule has 80 valence electrons. The van der Waals surface area contributed by atoms with Crippen LogP contribution in [0, 0.1) is 0 Å². The molecule has 0 saturated heterocycles. The van der Waals surface area contributed by atoms with Crippen LogP contribution in [0.3, 0.4) is 0 Å². The molecule has 0 rings (SSSR count). The van der Waals surface area contributed by atoms with E-state index in [4.69, 9.17) is 0 Å². The van der Waals surface area contributed by atoms with Gasteiger partial charge in [0.1, 0.15) is 8.07 Å². The van der Waals surface area contributed by atoms with E-state index in [-0.39, 0.29) is 6.42 Å². The molecule has 0 atom stereocenters. The molecule has 0 aliphatic rings. The fourth-order valence-electron chi connectivity index (χ4n) is 1.02. The average molecular weight is 216 g/mol. The zero-order chi connectivity index (χ0) is 10.9. The van der Waals surface area contributed by atoms with Gasteiger partial charge in [0.15, 0.2) is 0 Å². The molecule has 0 heterocycles. The summed E-state index contributed by atoms with van der Waals surface area (Å²) in [5, 5.41) is 0. The summed E-state index contributed by atoms with van der Waals surface area (Å²) in [6.45, 7) is 5.26. The summed E-state index contributed by atoms with van der Waals surface area (Å²) in [6, 6.07) is 0. The highest BCUT2D eigenvalue weighted by molar-refractivity contribution is 6.78. The largest absolute Gasteiger partial charge is 0.306 e. The lowest BCUT2D eigenvalue weighted by atomic mass is 10.2. The van der Waals surface area contributed by atoms with Gasteiger partial charge in [0.2, 0.25) is 0 Å². The van der Waals surface area contributed by atoms with Crippen molar-refractivity contribution in [2.45, 2.75) is 50.9 Å². The smallest absolute Gasteiger partial charge is 0.205 e. The van der Waals surface area contributed by atoms with Crippen molar-refractivity contribution < 1.29 is 17.6 Å². The van der Waals surface area contributed by atoms with E-state index in [0.29, 0.717) is 0 Å². The van der Waals surface area contributed by atoms with Gasteiger partial charge in [0.05, 0.1) is 0 Å². The predicted octanol–water partition coefficient (Wildman–Crippen LogP) is 3.93. The van der Waals surface area contributed by atoms with Gasteiger partial charge in [0.25, 0.3) is 5.55 Å². The minimum absolute atomic E-state index is 0.0765. The first kappa shape index (κ1) is 12.9. The normalized spacial score (nSPS) is 14.8. The predicted molar refractivity (Wildman–Crippen MR) is 48.1 cm³/mol. The lowest BCUT2D eigenvalue weighted by Gasteiger charge is -2.35. The second kappa shape index (κ2) is 3.59. The van der Waals surface area contributed by atoms with Crippen LogP contribution < -0.4 is 0 Å². The van der Waals surface area contributed by atoms with Gasteiger partial charge < -0.3 is 0 Å². The van der Waals surface area contributed by atoms with Crippen LogP contribution in [0.15, 0.2) is 0 Å². The Labute approximate surface area is 77.3 Å². The second-order valence-corrected chi connectivity index (χ2v) is 9.41. The minimum Gasteiger partial charge on any atom is -0.205 e. The van der Waals surface area contributed by atoms with Crippen LogP contribution in [0.5, 0.6) is 0 Å². The minimum atomic E-state index is -3.84. The second-order valence-electron chi connectivity index (χ2n) is 4.28. The molecular formula is C8H16F4Si. The lowest BCUT2D eigenvalue weighted by Crippen LogP contribution is -2.57. The van der Waals surface area contributed by atoms with E-state index in [1.807, 2.05) is 0 Å². The van der Waals surface area contributed by atoms with Gasteiger partial charge in [-0.15, -0.1) is 0 Å². The number of halogens is 4. The molecule has 5 heteroatoms. The maximum atomic E-state index is 13.2.